The minimum atomic E-state index is -0.0492. The Balaban J connectivity index is 1.05. The molecule has 6 aromatic heterocycles. The molecule has 6 heterocycles. The van der Waals surface area contributed by atoms with Crippen molar-refractivity contribution in [3.8, 4) is 0 Å². The summed E-state index contributed by atoms with van der Waals surface area (Å²) in [4.78, 5) is 2.51. The fourth-order valence-corrected chi connectivity index (χ4v) is 13.1. The summed E-state index contributed by atoms with van der Waals surface area (Å²) in [6, 6.07) is 61.6. The third-order valence-corrected chi connectivity index (χ3v) is 17.0. The maximum Gasteiger partial charge on any atom is 0.0622 e. The van der Waals surface area contributed by atoms with Crippen LogP contribution in [-0.4, -0.2) is 13.2 Å². The number of benzene rings is 9. The Labute approximate surface area is 425 Å². The van der Waals surface area contributed by atoms with E-state index in [-0.39, 0.29) is 16.2 Å². The van der Waals surface area contributed by atoms with Crippen LogP contribution in [0.3, 0.4) is 0 Å². The molecule has 0 amide bonds. The van der Waals surface area contributed by atoms with E-state index < -0.39 is 0 Å². The Hall–Kier alpha value is -7.82. The lowest BCUT2D eigenvalue weighted by Crippen LogP contribution is -2.11. The number of para-hydroxylation sites is 2. The standard InChI is InChI=1S/C69H60N4/c1-38(2)39-20-23-43(24-21-39)70(45-33-56-46-16-12-14-18-58(46)71-59-19-15-13-17-47(59)57(34-45)66(56)71)44-25-26-48-52-29-41(68(6,7)8)31-54-51-36-62-50(37-63(51)73(64(52)54)61(48)35-44)55-32-42(69(9,10)11)30-53-49-28-40(67(3,4)5)22-27-60(49)72(62)65(53)55/h12-38H,1-11H3. The molecule has 0 aliphatic carbocycles. The first kappa shape index (κ1) is 42.8. The molecule has 0 bridgehead atoms. The van der Waals surface area contributed by atoms with Gasteiger partial charge in [0.2, 0.25) is 0 Å². The molecule has 0 fully saturated rings. The van der Waals surface area contributed by atoms with Crippen LogP contribution in [-0.2, 0) is 16.2 Å². The molecule has 0 aliphatic heterocycles. The van der Waals surface area contributed by atoms with Crippen LogP contribution in [0, 0.1) is 0 Å². The summed E-state index contributed by atoms with van der Waals surface area (Å²) in [7, 11) is 0. The second-order valence-corrected chi connectivity index (χ2v) is 24.9. The second kappa shape index (κ2) is 14.0. The highest BCUT2D eigenvalue weighted by atomic mass is 15.1. The van der Waals surface area contributed by atoms with Gasteiger partial charge in [-0.15, -0.1) is 0 Å². The molecule has 0 saturated heterocycles. The van der Waals surface area contributed by atoms with Gasteiger partial charge in [0.1, 0.15) is 0 Å². The number of anilines is 3. The van der Waals surface area contributed by atoms with Crippen molar-refractivity contribution in [1.82, 2.24) is 13.2 Å². The van der Waals surface area contributed by atoms with Crippen LogP contribution < -0.4 is 4.90 Å². The Morgan fingerprint density at radius 2 is 0.685 bits per heavy atom. The minimum Gasteiger partial charge on any atom is -0.310 e. The maximum absolute atomic E-state index is 2.62. The molecule has 15 aromatic rings. The fourth-order valence-electron chi connectivity index (χ4n) is 13.1. The van der Waals surface area contributed by atoms with E-state index in [1.54, 1.807) is 0 Å². The number of rotatable bonds is 4. The van der Waals surface area contributed by atoms with Gasteiger partial charge in [-0.05, 0) is 141 Å². The molecule has 15 rings (SSSR count). The summed E-state index contributed by atoms with van der Waals surface area (Å²) >= 11 is 0. The number of fused-ring (bicyclic) bond motifs is 18. The summed E-state index contributed by atoms with van der Waals surface area (Å²) in [6.07, 6.45) is 0. The monoisotopic (exact) mass is 944 g/mol. The van der Waals surface area contributed by atoms with Crippen LogP contribution in [0.1, 0.15) is 104 Å². The van der Waals surface area contributed by atoms with Crippen molar-refractivity contribution in [3.63, 3.8) is 0 Å². The maximum atomic E-state index is 2.62. The molecule has 0 radical (unpaired) electrons. The Bertz CT molecular complexity index is 4710. The van der Waals surface area contributed by atoms with Gasteiger partial charge in [0.15, 0.2) is 0 Å². The van der Waals surface area contributed by atoms with Gasteiger partial charge in [0, 0.05) is 81.7 Å². The van der Waals surface area contributed by atoms with Crippen molar-refractivity contribution in [2.75, 3.05) is 4.90 Å². The lowest BCUT2D eigenvalue weighted by Gasteiger charge is -2.26. The van der Waals surface area contributed by atoms with Crippen molar-refractivity contribution in [1.29, 1.82) is 0 Å². The van der Waals surface area contributed by atoms with Crippen molar-refractivity contribution in [3.05, 3.63) is 180 Å². The Kier molecular flexibility index (Phi) is 8.22. The van der Waals surface area contributed by atoms with E-state index >= 15 is 0 Å². The Morgan fingerprint density at radius 3 is 1.19 bits per heavy atom. The van der Waals surface area contributed by atoms with Gasteiger partial charge < -0.3 is 18.1 Å². The summed E-state index contributed by atoms with van der Waals surface area (Å²) in [6.45, 7) is 25.7. The first-order valence-electron chi connectivity index (χ1n) is 26.4. The normalized spacial score (nSPS) is 13.5. The highest BCUT2D eigenvalue weighted by Crippen LogP contribution is 2.50. The molecule has 4 heteroatoms. The molecule has 0 spiro atoms. The van der Waals surface area contributed by atoms with Crippen molar-refractivity contribution < 1.29 is 0 Å². The smallest absolute Gasteiger partial charge is 0.0622 e. The molecule has 4 nitrogen and oxygen atoms in total. The molecule has 9 aromatic carbocycles. The van der Waals surface area contributed by atoms with Gasteiger partial charge in [-0.3, -0.25) is 0 Å². The third-order valence-electron chi connectivity index (χ3n) is 17.0. The molecule has 356 valence electrons. The van der Waals surface area contributed by atoms with Crippen LogP contribution in [0.15, 0.2) is 158 Å². The summed E-state index contributed by atoms with van der Waals surface area (Å²) in [5.74, 6) is 0.431. The lowest BCUT2D eigenvalue weighted by molar-refractivity contribution is 0.590. The van der Waals surface area contributed by atoms with Gasteiger partial charge in [-0.25, -0.2) is 0 Å². The average Bonchev–Trinajstić information content (AvgIpc) is 4.21. The predicted octanol–water partition coefficient (Wildman–Crippen LogP) is 19.6. The topological polar surface area (TPSA) is 16.5 Å². The fraction of sp³-hybridized carbons (Fsp3) is 0.217. The van der Waals surface area contributed by atoms with Gasteiger partial charge in [0.25, 0.3) is 0 Å². The van der Waals surface area contributed by atoms with Crippen molar-refractivity contribution in [2.24, 2.45) is 0 Å². The molecule has 0 aliphatic rings. The van der Waals surface area contributed by atoms with Gasteiger partial charge in [-0.2, -0.15) is 0 Å². The van der Waals surface area contributed by atoms with Gasteiger partial charge in [0.05, 0.1) is 49.7 Å². The first-order valence-corrected chi connectivity index (χ1v) is 26.4. The predicted molar refractivity (Wildman–Crippen MR) is 315 cm³/mol. The van der Waals surface area contributed by atoms with Crippen LogP contribution >= 0.6 is 0 Å². The number of hydrogen-bond acceptors (Lipinski definition) is 1. The van der Waals surface area contributed by atoms with Crippen LogP contribution in [0.4, 0.5) is 17.1 Å². The van der Waals surface area contributed by atoms with E-state index in [1.165, 1.54) is 137 Å². The zero-order chi connectivity index (χ0) is 49.9. The van der Waals surface area contributed by atoms with Crippen LogP contribution in [0.5, 0.6) is 0 Å². The minimum absolute atomic E-state index is 0.0243. The summed E-state index contributed by atoms with van der Waals surface area (Å²) < 4.78 is 7.68. The van der Waals surface area contributed by atoms with Gasteiger partial charge in [-0.1, -0.05) is 137 Å². The first-order chi connectivity index (χ1) is 34.9. The van der Waals surface area contributed by atoms with E-state index in [0.29, 0.717) is 5.92 Å². The summed E-state index contributed by atoms with van der Waals surface area (Å²) in [5, 5.41) is 15.6. The quantitative estimate of drug-likeness (QED) is 0.172. The van der Waals surface area contributed by atoms with Crippen LogP contribution in [0.25, 0.3) is 114 Å². The number of aromatic nitrogens is 3. The van der Waals surface area contributed by atoms with E-state index in [9.17, 15) is 0 Å². The third kappa shape index (κ3) is 5.73. The molecule has 73 heavy (non-hydrogen) atoms. The molecule has 0 atom stereocenters. The highest BCUT2D eigenvalue weighted by Gasteiger charge is 2.29. The van der Waals surface area contributed by atoms with Crippen molar-refractivity contribution in [2.45, 2.75) is 98.3 Å². The number of hydrogen-bond donors (Lipinski definition) is 0. The lowest BCUT2D eigenvalue weighted by atomic mass is 9.84. The zero-order valence-corrected chi connectivity index (χ0v) is 43.9. The molecule has 0 unspecified atom stereocenters. The molecule has 0 saturated carbocycles. The summed E-state index contributed by atoms with van der Waals surface area (Å²) in [5.41, 5.74) is 20.2. The SMILES string of the molecule is CC(C)c1ccc(N(c2cc3c4ccccc4n4c5ccccc5c(c2)c34)c2ccc3c4cc(C(C)(C)C)cc5c6cc7c(cc6n(c3c2)c45)c2cc(C(C)(C)C)cc3c4cc(C(C)(C)C)ccc4n7c32)cc1. The number of nitrogens with zero attached hydrogens (tertiary/aromatic N) is 4. The van der Waals surface area contributed by atoms with E-state index in [2.05, 4.69) is 252 Å². The van der Waals surface area contributed by atoms with E-state index in [1.807, 2.05) is 0 Å². The molecular weight excluding hydrogens is 885 g/mol. The zero-order valence-electron chi connectivity index (χ0n) is 43.9. The second-order valence-electron chi connectivity index (χ2n) is 24.9. The molecule has 0 N–H and O–H groups in total. The average molecular weight is 945 g/mol. The van der Waals surface area contributed by atoms with E-state index in [0.717, 1.165) is 17.1 Å². The van der Waals surface area contributed by atoms with Gasteiger partial charge >= 0.3 is 0 Å². The highest BCUT2D eigenvalue weighted by molar-refractivity contribution is 6.30. The largest absolute Gasteiger partial charge is 0.310 e. The van der Waals surface area contributed by atoms with Crippen molar-refractivity contribution >= 4 is 131 Å². The van der Waals surface area contributed by atoms with Crippen LogP contribution in [0.2, 0.25) is 0 Å². The molecular formula is C69H60N4. The van der Waals surface area contributed by atoms with E-state index in [4.69, 9.17) is 0 Å². The Morgan fingerprint density at radius 1 is 0.301 bits per heavy atom.